The zero-order valence-corrected chi connectivity index (χ0v) is 14.7. The largest absolute Gasteiger partial charge is 0.273 e. The molecule has 2 rings (SSSR count). The van der Waals surface area contributed by atoms with Gasteiger partial charge in [0, 0.05) is 11.6 Å². The topological polar surface area (TPSA) is 80.5 Å². The van der Waals surface area contributed by atoms with Gasteiger partial charge in [-0.15, -0.1) is 6.58 Å². The average molecular weight is 385 g/mol. The molecular formula is C16H14ClFN2O4S. The van der Waals surface area contributed by atoms with E-state index in [1.165, 1.54) is 37.3 Å². The normalized spacial score (nSPS) is 11.2. The second kappa shape index (κ2) is 7.20. The van der Waals surface area contributed by atoms with Gasteiger partial charge < -0.3 is 0 Å². The summed E-state index contributed by atoms with van der Waals surface area (Å²) in [5.74, 6) is -0.688. The number of hydrogen-bond donors (Lipinski definition) is 0. The fraction of sp³-hybridized carbons (Fsp3) is 0.125. The molecule has 0 atom stereocenters. The smallest absolute Gasteiger partial charge is 0.262 e. The van der Waals surface area contributed by atoms with E-state index in [1.807, 2.05) is 0 Å². The molecule has 0 fully saturated rings. The molecule has 0 saturated heterocycles. The van der Waals surface area contributed by atoms with Crippen LogP contribution >= 0.6 is 11.6 Å². The van der Waals surface area contributed by atoms with Gasteiger partial charge in [0.15, 0.2) is 0 Å². The molecule has 0 aliphatic carbocycles. The molecule has 0 spiro atoms. The Bertz CT molecular complexity index is 947. The molecule has 0 amide bonds. The molecule has 9 heteroatoms. The van der Waals surface area contributed by atoms with Gasteiger partial charge >= 0.3 is 0 Å². The minimum atomic E-state index is -4.14. The van der Waals surface area contributed by atoms with Crippen molar-refractivity contribution in [2.45, 2.75) is 11.8 Å². The van der Waals surface area contributed by atoms with Crippen LogP contribution in [0.1, 0.15) is 5.56 Å². The van der Waals surface area contributed by atoms with E-state index in [0.29, 0.717) is 5.56 Å². The highest BCUT2D eigenvalue weighted by Crippen LogP contribution is 2.30. The first-order valence-corrected chi connectivity index (χ1v) is 8.84. The summed E-state index contributed by atoms with van der Waals surface area (Å²) in [6.07, 6.45) is 1.34. The van der Waals surface area contributed by atoms with Crippen LogP contribution < -0.4 is 4.31 Å². The number of rotatable bonds is 6. The maximum atomic E-state index is 13.4. The third-order valence-corrected chi connectivity index (χ3v) is 5.53. The molecule has 132 valence electrons. The fourth-order valence-electron chi connectivity index (χ4n) is 2.17. The SMILES string of the molecule is C=CCN(c1ccc(F)c(Cl)c1)S(=O)(=O)c1ccc(C)c([N+](=O)[O-])c1. The summed E-state index contributed by atoms with van der Waals surface area (Å²) in [6, 6.07) is 7.09. The number of nitro groups is 1. The molecule has 0 aliphatic rings. The monoisotopic (exact) mass is 384 g/mol. The van der Waals surface area contributed by atoms with Gasteiger partial charge in [0.1, 0.15) is 5.82 Å². The first kappa shape index (κ1) is 18.9. The molecule has 25 heavy (non-hydrogen) atoms. The van der Waals surface area contributed by atoms with Crippen molar-refractivity contribution in [3.05, 3.63) is 75.6 Å². The summed E-state index contributed by atoms with van der Waals surface area (Å²) in [5.41, 5.74) is 0.148. The molecule has 0 N–H and O–H groups in total. The summed E-state index contributed by atoms with van der Waals surface area (Å²) >= 11 is 5.73. The lowest BCUT2D eigenvalue weighted by molar-refractivity contribution is -0.385. The Labute approximate surface area is 149 Å². The molecule has 6 nitrogen and oxygen atoms in total. The third kappa shape index (κ3) is 3.80. The van der Waals surface area contributed by atoms with Crippen molar-refractivity contribution in [2.75, 3.05) is 10.8 Å². The fourth-order valence-corrected chi connectivity index (χ4v) is 3.80. The van der Waals surface area contributed by atoms with Crippen LogP contribution in [-0.2, 0) is 10.0 Å². The molecule has 0 bridgehead atoms. The van der Waals surface area contributed by atoms with Gasteiger partial charge in [-0.05, 0) is 31.2 Å². The number of sulfonamides is 1. The lowest BCUT2D eigenvalue weighted by Gasteiger charge is -2.23. The first-order chi connectivity index (χ1) is 11.7. The van der Waals surface area contributed by atoms with Crippen LogP contribution in [0.2, 0.25) is 5.02 Å². The van der Waals surface area contributed by atoms with Crippen molar-refractivity contribution < 1.29 is 17.7 Å². The molecule has 2 aromatic rings. The van der Waals surface area contributed by atoms with Crippen molar-refractivity contribution >= 4 is 33.0 Å². The van der Waals surface area contributed by atoms with Gasteiger partial charge in [-0.25, -0.2) is 12.8 Å². The Morgan fingerprint density at radius 2 is 2.00 bits per heavy atom. The third-order valence-electron chi connectivity index (χ3n) is 3.45. The van der Waals surface area contributed by atoms with E-state index in [4.69, 9.17) is 11.6 Å². The van der Waals surface area contributed by atoms with Crippen LogP contribution in [0.15, 0.2) is 53.9 Å². The van der Waals surface area contributed by atoms with Crippen molar-refractivity contribution in [1.82, 2.24) is 0 Å². The van der Waals surface area contributed by atoms with Gasteiger partial charge in [-0.1, -0.05) is 23.7 Å². The van der Waals surface area contributed by atoms with E-state index in [1.54, 1.807) is 0 Å². The number of aryl methyl sites for hydroxylation is 1. The Balaban J connectivity index is 2.60. The molecular weight excluding hydrogens is 371 g/mol. The quantitative estimate of drug-likeness (QED) is 0.427. The molecule has 0 aliphatic heterocycles. The van der Waals surface area contributed by atoms with Crippen LogP contribution in [0.3, 0.4) is 0 Å². The first-order valence-electron chi connectivity index (χ1n) is 7.02. The van der Waals surface area contributed by atoms with Gasteiger partial charge in [0.05, 0.1) is 27.1 Å². The highest BCUT2D eigenvalue weighted by Gasteiger charge is 2.27. The standard InChI is InChI=1S/C16H14ClFN2O4S/c1-3-8-19(12-5-7-15(18)14(17)9-12)25(23,24)13-6-4-11(2)16(10-13)20(21)22/h3-7,9-10H,1,8H2,2H3. The second-order valence-electron chi connectivity index (χ2n) is 5.13. The second-order valence-corrected chi connectivity index (χ2v) is 7.40. The van der Waals surface area contributed by atoms with Gasteiger partial charge in [0.2, 0.25) is 0 Å². The van der Waals surface area contributed by atoms with Crippen LogP contribution in [-0.4, -0.2) is 19.9 Å². The minimum Gasteiger partial charge on any atom is -0.262 e. The Morgan fingerprint density at radius 3 is 2.56 bits per heavy atom. The van der Waals surface area contributed by atoms with Crippen molar-refractivity contribution in [3.63, 3.8) is 0 Å². The van der Waals surface area contributed by atoms with Crippen LogP contribution in [0.25, 0.3) is 0 Å². The summed E-state index contributed by atoms with van der Waals surface area (Å²) in [6.45, 7) is 4.90. The number of benzene rings is 2. The van der Waals surface area contributed by atoms with Crippen molar-refractivity contribution in [3.8, 4) is 0 Å². The summed E-state index contributed by atoms with van der Waals surface area (Å²) in [5, 5.41) is 10.8. The van der Waals surface area contributed by atoms with Gasteiger partial charge in [-0.3, -0.25) is 14.4 Å². The highest BCUT2D eigenvalue weighted by atomic mass is 35.5. The van der Waals surface area contributed by atoms with E-state index in [2.05, 4.69) is 6.58 Å². The molecule has 0 radical (unpaired) electrons. The maximum Gasteiger partial charge on any atom is 0.273 e. The molecule has 0 heterocycles. The Kier molecular flexibility index (Phi) is 5.44. The lowest BCUT2D eigenvalue weighted by Crippen LogP contribution is -2.31. The predicted octanol–water partition coefficient (Wildman–Crippen LogP) is 4.08. The number of nitro benzene ring substituents is 1. The summed E-state index contributed by atoms with van der Waals surface area (Å²) in [4.78, 5) is 10.2. The van der Waals surface area contributed by atoms with Crippen LogP contribution in [0.4, 0.5) is 15.8 Å². The minimum absolute atomic E-state index is 0.119. The molecule has 2 aromatic carbocycles. The van der Waals surface area contributed by atoms with E-state index in [9.17, 15) is 22.9 Å². The summed E-state index contributed by atoms with van der Waals surface area (Å²) in [7, 11) is -4.14. The number of halogens is 2. The zero-order chi connectivity index (χ0) is 18.8. The van der Waals surface area contributed by atoms with Crippen molar-refractivity contribution in [1.29, 1.82) is 0 Å². The van der Waals surface area contributed by atoms with Crippen LogP contribution in [0, 0.1) is 22.9 Å². The van der Waals surface area contributed by atoms with E-state index in [-0.39, 0.29) is 27.8 Å². The van der Waals surface area contributed by atoms with Gasteiger partial charge in [0.25, 0.3) is 15.7 Å². The van der Waals surface area contributed by atoms with Crippen molar-refractivity contribution in [2.24, 2.45) is 0 Å². The molecule has 0 saturated carbocycles. The predicted molar refractivity (Wildman–Crippen MR) is 94.0 cm³/mol. The maximum absolute atomic E-state index is 13.4. The number of nitrogens with zero attached hydrogens (tertiary/aromatic N) is 2. The number of anilines is 1. The van der Waals surface area contributed by atoms with Gasteiger partial charge in [-0.2, -0.15) is 0 Å². The molecule has 0 unspecified atom stereocenters. The highest BCUT2D eigenvalue weighted by molar-refractivity contribution is 7.92. The summed E-state index contributed by atoms with van der Waals surface area (Å²) < 4.78 is 40.2. The lowest BCUT2D eigenvalue weighted by atomic mass is 10.2. The zero-order valence-electron chi connectivity index (χ0n) is 13.1. The Morgan fingerprint density at radius 1 is 1.32 bits per heavy atom. The van der Waals surface area contributed by atoms with E-state index < -0.39 is 20.8 Å². The molecule has 0 aromatic heterocycles. The Hall–Kier alpha value is -2.45. The van der Waals surface area contributed by atoms with E-state index in [0.717, 1.165) is 16.4 Å². The average Bonchev–Trinajstić information content (AvgIpc) is 2.55. The van der Waals surface area contributed by atoms with E-state index >= 15 is 0 Å². The number of hydrogen-bond acceptors (Lipinski definition) is 4. The van der Waals surface area contributed by atoms with Crippen LogP contribution in [0.5, 0.6) is 0 Å².